The quantitative estimate of drug-likeness (QED) is 0.832. The molecule has 0 unspecified atom stereocenters. The molecule has 104 valence electrons. The fourth-order valence-electron chi connectivity index (χ4n) is 1.60. The van der Waals surface area contributed by atoms with Crippen LogP contribution in [0.25, 0.3) is 0 Å². The smallest absolute Gasteiger partial charge is 0.358 e. The van der Waals surface area contributed by atoms with Gasteiger partial charge in [0.2, 0.25) is 5.88 Å². The van der Waals surface area contributed by atoms with Gasteiger partial charge in [0, 0.05) is 6.07 Å². The lowest BCUT2D eigenvalue weighted by atomic mass is 10.1. The molecule has 2 aromatic rings. The van der Waals surface area contributed by atoms with E-state index in [1.54, 1.807) is 6.07 Å². The molecule has 0 spiro atoms. The average molecular weight is 273 g/mol. The van der Waals surface area contributed by atoms with Gasteiger partial charge in [0.05, 0.1) is 7.11 Å². The van der Waals surface area contributed by atoms with Gasteiger partial charge >= 0.3 is 5.97 Å². The van der Waals surface area contributed by atoms with Gasteiger partial charge in [0.1, 0.15) is 5.75 Å². The van der Waals surface area contributed by atoms with Crippen LogP contribution < -0.4 is 10.5 Å². The number of hydrogen-bond donors (Lipinski definition) is 1. The van der Waals surface area contributed by atoms with Gasteiger partial charge in [-0.05, 0) is 36.7 Å². The van der Waals surface area contributed by atoms with Gasteiger partial charge in [-0.25, -0.2) is 4.79 Å². The van der Waals surface area contributed by atoms with Crippen LogP contribution in [0.1, 0.15) is 16.1 Å². The standard InChI is InChI=1S/C14H15N3O3/c1-19-14(18)12-6-7-13(17-16-12)20-11-4-2-10(3-5-11)8-9-15/h2-7H,8-9,15H2,1H3. The highest BCUT2D eigenvalue weighted by molar-refractivity contribution is 5.86. The minimum absolute atomic E-state index is 0.137. The maximum atomic E-state index is 11.2. The van der Waals surface area contributed by atoms with Crippen LogP contribution in [0.15, 0.2) is 36.4 Å². The molecule has 0 saturated carbocycles. The molecule has 0 atom stereocenters. The number of methoxy groups -OCH3 is 1. The number of aromatic nitrogens is 2. The number of rotatable bonds is 5. The Morgan fingerprint density at radius 2 is 1.90 bits per heavy atom. The van der Waals surface area contributed by atoms with Crippen molar-refractivity contribution in [3.63, 3.8) is 0 Å². The molecule has 0 fully saturated rings. The van der Waals surface area contributed by atoms with Crippen molar-refractivity contribution in [2.45, 2.75) is 6.42 Å². The average Bonchev–Trinajstić information content (AvgIpc) is 2.49. The zero-order valence-corrected chi connectivity index (χ0v) is 11.1. The predicted octanol–water partition coefficient (Wildman–Crippen LogP) is 1.56. The molecule has 0 amide bonds. The van der Waals surface area contributed by atoms with Crippen molar-refractivity contribution >= 4 is 5.97 Å². The van der Waals surface area contributed by atoms with Crippen molar-refractivity contribution in [1.29, 1.82) is 0 Å². The molecule has 0 radical (unpaired) electrons. The van der Waals surface area contributed by atoms with Crippen LogP contribution >= 0.6 is 0 Å². The Morgan fingerprint density at radius 1 is 1.15 bits per heavy atom. The molecular formula is C14H15N3O3. The maximum absolute atomic E-state index is 11.2. The van der Waals surface area contributed by atoms with Crippen molar-refractivity contribution < 1.29 is 14.3 Å². The SMILES string of the molecule is COC(=O)c1ccc(Oc2ccc(CCN)cc2)nn1. The van der Waals surface area contributed by atoms with Gasteiger partial charge in [-0.3, -0.25) is 0 Å². The topological polar surface area (TPSA) is 87.3 Å². The van der Waals surface area contributed by atoms with Gasteiger partial charge in [-0.15, -0.1) is 10.2 Å². The zero-order chi connectivity index (χ0) is 14.4. The molecule has 1 aromatic heterocycles. The van der Waals surface area contributed by atoms with Crippen LogP contribution in [0.5, 0.6) is 11.6 Å². The van der Waals surface area contributed by atoms with E-state index in [2.05, 4.69) is 14.9 Å². The lowest BCUT2D eigenvalue weighted by molar-refractivity contribution is 0.0592. The molecule has 0 saturated heterocycles. The van der Waals surface area contributed by atoms with E-state index in [0.29, 0.717) is 18.2 Å². The highest BCUT2D eigenvalue weighted by Gasteiger charge is 2.08. The lowest BCUT2D eigenvalue weighted by Gasteiger charge is -2.05. The molecule has 20 heavy (non-hydrogen) atoms. The highest BCUT2D eigenvalue weighted by atomic mass is 16.5. The van der Waals surface area contributed by atoms with Crippen LogP contribution in [0.4, 0.5) is 0 Å². The van der Waals surface area contributed by atoms with E-state index < -0.39 is 5.97 Å². The number of ether oxygens (including phenoxy) is 2. The summed E-state index contributed by atoms with van der Waals surface area (Å²) in [6.07, 6.45) is 0.827. The molecule has 6 nitrogen and oxygen atoms in total. The van der Waals surface area contributed by atoms with Gasteiger partial charge in [0.15, 0.2) is 5.69 Å². The second-order valence-electron chi connectivity index (χ2n) is 4.03. The third-order valence-corrected chi connectivity index (χ3v) is 2.61. The Labute approximate surface area is 116 Å². The van der Waals surface area contributed by atoms with Crippen LogP contribution in [-0.2, 0) is 11.2 Å². The third-order valence-electron chi connectivity index (χ3n) is 2.61. The van der Waals surface area contributed by atoms with E-state index >= 15 is 0 Å². The number of carbonyl (C=O) groups excluding carboxylic acids is 1. The van der Waals surface area contributed by atoms with Gasteiger partial charge in [0.25, 0.3) is 0 Å². The fourth-order valence-corrected chi connectivity index (χ4v) is 1.60. The van der Waals surface area contributed by atoms with Gasteiger partial charge < -0.3 is 15.2 Å². The number of nitrogens with two attached hydrogens (primary N) is 1. The maximum Gasteiger partial charge on any atom is 0.358 e. The largest absolute Gasteiger partial charge is 0.464 e. The predicted molar refractivity (Wildman–Crippen MR) is 72.6 cm³/mol. The van der Waals surface area contributed by atoms with Crippen molar-refractivity contribution in [2.75, 3.05) is 13.7 Å². The molecule has 0 aliphatic carbocycles. The molecule has 1 aromatic carbocycles. The van der Waals surface area contributed by atoms with Crippen LogP contribution in [0, 0.1) is 0 Å². The first-order chi connectivity index (χ1) is 9.72. The first-order valence-corrected chi connectivity index (χ1v) is 6.12. The van der Waals surface area contributed by atoms with Crippen molar-refractivity contribution in [3.8, 4) is 11.6 Å². The zero-order valence-electron chi connectivity index (χ0n) is 11.1. The molecule has 0 aliphatic heterocycles. The Kier molecular flexibility index (Phi) is 4.62. The Bertz CT molecular complexity index is 567. The van der Waals surface area contributed by atoms with Crippen molar-refractivity contribution in [1.82, 2.24) is 10.2 Å². The van der Waals surface area contributed by atoms with Gasteiger partial charge in [-0.1, -0.05) is 12.1 Å². The molecular weight excluding hydrogens is 258 g/mol. The molecule has 0 bridgehead atoms. The summed E-state index contributed by atoms with van der Waals surface area (Å²) in [6, 6.07) is 10.6. The summed E-state index contributed by atoms with van der Waals surface area (Å²) in [5, 5.41) is 7.54. The Morgan fingerprint density at radius 3 is 2.45 bits per heavy atom. The summed E-state index contributed by atoms with van der Waals surface area (Å²) < 4.78 is 10.1. The number of esters is 1. The summed E-state index contributed by atoms with van der Waals surface area (Å²) in [4.78, 5) is 11.2. The van der Waals surface area contributed by atoms with Crippen LogP contribution in [0.2, 0.25) is 0 Å². The molecule has 6 heteroatoms. The molecule has 1 heterocycles. The highest BCUT2D eigenvalue weighted by Crippen LogP contribution is 2.19. The van der Waals surface area contributed by atoms with E-state index in [1.165, 1.54) is 13.2 Å². The van der Waals surface area contributed by atoms with E-state index in [9.17, 15) is 4.79 Å². The number of nitrogens with zero attached hydrogens (tertiary/aromatic N) is 2. The van der Waals surface area contributed by atoms with Crippen LogP contribution in [0.3, 0.4) is 0 Å². The van der Waals surface area contributed by atoms with Crippen LogP contribution in [-0.4, -0.2) is 29.8 Å². The summed E-state index contributed by atoms with van der Waals surface area (Å²) in [5.74, 6) is 0.422. The minimum Gasteiger partial charge on any atom is -0.464 e. The number of benzene rings is 1. The molecule has 0 aliphatic rings. The Hall–Kier alpha value is -2.47. The van der Waals surface area contributed by atoms with Gasteiger partial charge in [-0.2, -0.15) is 0 Å². The lowest BCUT2D eigenvalue weighted by Crippen LogP contribution is -2.05. The molecule has 2 rings (SSSR count). The summed E-state index contributed by atoms with van der Waals surface area (Å²) in [5.41, 5.74) is 6.77. The third kappa shape index (κ3) is 3.52. The van der Waals surface area contributed by atoms with E-state index in [4.69, 9.17) is 10.5 Å². The normalized spacial score (nSPS) is 10.1. The summed E-state index contributed by atoms with van der Waals surface area (Å²) >= 11 is 0. The summed E-state index contributed by atoms with van der Waals surface area (Å²) in [6.45, 7) is 0.612. The fraction of sp³-hybridized carbons (Fsp3) is 0.214. The monoisotopic (exact) mass is 273 g/mol. The second kappa shape index (κ2) is 6.63. The van der Waals surface area contributed by atoms with E-state index in [1.807, 2.05) is 24.3 Å². The second-order valence-corrected chi connectivity index (χ2v) is 4.03. The first kappa shape index (κ1) is 14.0. The van der Waals surface area contributed by atoms with Crippen molar-refractivity contribution in [3.05, 3.63) is 47.7 Å². The number of hydrogen-bond acceptors (Lipinski definition) is 6. The summed E-state index contributed by atoms with van der Waals surface area (Å²) in [7, 11) is 1.29. The first-order valence-electron chi connectivity index (χ1n) is 6.12. The van der Waals surface area contributed by atoms with E-state index in [-0.39, 0.29) is 5.69 Å². The van der Waals surface area contributed by atoms with E-state index in [0.717, 1.165) is 12.0 Å². The number of carbonyl (C=O) groups is 1. The van der Waals surface area contributed by atoms with Crippen molar-refractivity contribution in [2.24, 2.45) is 5.73 Å². The molecule has 2 N–H and O–H groups in total. The minimum atomic E-state index is -0.532. The Balaban J connectivity index is 2.04.